The summed E-state index contributed by atoms with van der Waals surface area (Å²) in [5.74, 6) is -1.22. The zero-order valence-electron chi connectivity index (χ0n) is 18.9. The van der Waals surface area contributed by atoms with Crippen molar-refractivity contribution in [2.24, 2.45) is 5.92 Å². The number of hydrogen-bond acceptors (Lipinski definition) is 5. The number of carbonyl (C=O) groups excluding carboxylic acids is 2. The highest BCUT2D eigenvalue weighted by atomic mass is 19.1. The second kappa shape index (κ2) is 9.87. The first-order valence-corrected chi connectivity index (χ1v) is 11.0. The molecule has 2 heterocycles. The molecule has 1 N–H and O–H groups in total. The van der Waals surface area contributed by atoms with Gasteiger partial charge in [0.05, 0.1) is 17.9 Å². The third kappa shape index (κ3) is 4.83. The first kappa shape index (κ1) is 23.2. The largest absolute Gasteiger partial charge is 0.507 e. The number of aromatic nitrogens is 1. The van der Waals surface area contributed by atoms with Crippen LogP contribution in [0.15, 0.2) is 78.5 Å². The molecule has 4 rings (SSSR count). The molecule has 1 saturated heterocycles. The highest BCUT2D eigenvalue weighted by Crippen LogP contribution is 2.39. The van der Waals surface area contributed by atoms with E-state index in [9.17, 15) is 19.1 Å². The van der Waals surface area contributed by atoms with Gasteiger partial charge in [0.2, 0.25) is 0 Å². The minimum absolute atomic E-state index is 0.0401. The van der Waals surface area contributed by atoms with Crippen LogP contribution in [0.5, 0.6) is 5.75 Å². The van der Waals surface area contributed by atoms with Crippen molar-refractivity contribution in [2.75, 3.05) is 6.61 Å². The second-order valence-corrected chi connectivity index (χ2v) is 8.54. The van der Waals surface area contributed by atoms with Crippen LogP contribution in [0.3, 0.4) is 0 Å². The lowest BCUT2D eigenvalue weighted by atomic mass is 9.98. The Morgan fingerprint density at radius 1 is 1.06 bits per heavy atom. The van der Waals surface area contributed by atoms with Crippen molar-refractivity contribution >= 4 is 17.4 Å². The van der Waals surface area contributed by atoms with Crippen molar-refractivity contribution in [2.45, 2.75) is 26.4 Å². The number of benzene rings is 2. The number of Topliss-reactive ketones (excluding diaryl/α,β-unsaturated/α-hetero) is 1. The van der Waals surface area contributed by atoms with Crippen molar-refractivity contribution < 1.29 is 23.8 Å². The van der Waals surface area contributed by atoms with Gasteiger partial charge < -0.3 is 14.7 Å². The van der Waals surface area contributed by atoms with Gasteiger partial charge in [-0.25, -0.2) is 4.39 Å². The maximum atomic E-state index is 13.4. The summed E-state index contributed by atoms with van der Waals surface area (Å²) < 4.78 is 19.0. The van der Waals surface area contributed by atoms with Crippen LogP contribution in [0.4, 0.5) is 4.39 Å². The number of rotatable bonds is 7. The van der Waals surface area contributed by atoms with Gasteiger partial charge in [0, 0.05) is 18.3 Å². The number of ketones is 1. The van der Waals surface area contributed by atoms with E-state index in [0.29, 0.717) is 35.1 Å². The number of carbonyl (C=O) groups is 2. The lowest BCUT2D eigenvalue weighted by Gasteiger charge is -2.24. The van der Waals surface area contributed by atoms with Gasteiger partial charge in [-0.15, -0.1) is 0 Å². The van der Waals surface area contributed by atoms with Crippen molar-refractivity contribution in [3.05, 3.63) is 101 Å². The van der Waals surface area contributed by atoms with E-state index >= 15 is 0 Å². The molecule has 2 aromatic carbocycles. The Labute approximate surface area is 197 Å². The standard InChI is InChI=1S/C27H25FN2O4/c1-17(2)16-34-21-12-8-19(9-13-21)25(31)23-24(22-5-3-4-14-29-22)30(27(33)26(23)32)15-18-6-10-20(28)11-7-18/h3-14,17,24,31H,15-16H2,1-2H3/b25-23-. The van der Waals surface area contributed by atoms with Gasteiger partial charge in [0.25, 0.3) is 11.7 Å². The number of aliphatic hydroxyl groups excluding tert-OH is 1. The molecule has 1 aliphatic heterocycles. The van der Waals surface area contributed by atoms with E-state index in [0.717, 1.165) is 0 Å². The van der Waals surface area contributed by atoms with Gasteiger partial charge in [-0.05, 0) is 60.0 Å². The molecule has 1 aliphatic rings. The number of aliphatic hydroxyl groups is 1. The summed E-state index contributed by atoms with van der Waals surface area (Å²) in [6.07, 6.45) is 1.56. The van der Waals surface area contributed by atoms with Crippen LogP contribution in [-0.4, -0.2) is 33.3 Å². The average Bonchev–Trinajstić information content (AvgIpc) is 3.09. The van der Waals surface area contributed by atoms with Crippen LogP contribution in [0.25, 0.3) is 5.76 Å². The SMILES string of the molecule is CC(C)COc1ccc(/C(O)=C2/C(=O)C(=O)N(Cc3ccc(F)cc3)C2c2ccccn2)cc1. The van der Waals surface area contributed by atoms with Gasteiger partial charge in [-0.2, -0.15) is 0 Å². The van der Waals surface area contributed by atoms with Crippen molar-refractivity contribution in [3.63, 3.8) is 0 Å². The van der Waals surface area contributed by atoms with Gasteiger partial charge in [-0.1, -0.05) is 32.0 Å². The summed E-state index contributed by atoms with van der Waals surface area (Å²) in [6.45, 7) is 4.70. The molecule has 0 radical (unpaired) electrons. The summed E-state index contributed by atoms with van der Waals surface area (Å²) in [7, 11) is 0. The number of likely N-dealkylation sites (tertiary alicyclic amines) is 1. The molecule has 0 aliphatic carbocycles. The fourth-order valence-electron chi connectivity index (χ4n) is 3.80. The molecule has 6 nitrogen and oxygen atoms in total. The Morgan fingerprint density at radius 2 is 1.76 bits per heavy atom. The Balaban J connectivity index is 1.73. The highest BCUT2D eigenvalue weighted by molar-refractivity contribution is 6.46. The first-order chi connectivity index (χ1) is 16.3. The van der Waals surface area contributed by atoms with Gasteiger partial charge >= 0.3 is 0 Å². The van der Waals surface area contributed by atoms with Crippen LogP contribution >= 0.6 is 0 Å². The minimum Gasteiger partial charge on any atom is -0.507 e. The Morgan fingerprint density at radius 3 is 2.38 bits per heavy atom. The summed E-state index contributed by atoms with van der Waals surface area (Å²) in [5.41, 5.74) is 1.44. The number of nitrogens with zero attached hydrogens (tertiary/aromatic N) is 2. The van der Waals surface area contributed by atoms with E-state index in [2.05, 4.69) is 4.98 Å². The smallest absolute Gasteiger partial charge is 0.296 e. The maximum Gasteiger partial charge on any atom is 0.296 e. The minimum atomic E-state index is -0.886. The van der Waals surface area contributed by atoms with E-state index in [1.807, 2.05) is 13.8 Å². The van der Waals surface area contributed by atoms with Crippen LogP contribution in [0.1, 0.15) is 36.7 Å². The van der Waals surface area contributed by atoms with Crippen LogP contribution < -0.4 is 4.74 Å². The molecule has 1 atom stereocenters. The molecule has 1 amide bonds. The van der Waals surface area contributed by atoms with Crippen molar-refractivity contribution in [3.8, 4) is 5.75 Å². The van der Waals surface area contributed by atoms with Crippen LogP contribution in [0.2, 0.25) is 0 Å². The molecule has 174 valence electrons. The van der Waals surface area contributed by atoms with E-state index < -0.39 is 23.5 Å². The molecule has 0 spiro atoms. The number of halogens is 1. The molecule has 1 aromatic heterocycles. The number of hydrogen-bond donors (Lipinski definition) is 1. The Bertz CT molecular complexity index is 1210. The number of amides is 1. The topological polar surface area (TPSA) is 79.7 Å². The van der Waals surface area contributed by atoms with Crippen molar-refractivity contribution in [1.29, 1.82) is 0 Å². The zero-order chi connectivity index (χ0) is 24.2. The van der Waals surface area contributed by atoms with E-state index in [4.69, 9.17) is 4.74 Å². The predicted octanol–water partition coefficient (Wildman–Crippen LogP) is 4.88. The molecule has 0 saturated carbocycles. The number of ether oxygens (including phenoxy) is 1. The van der Waals surface area contributed by atoms with E-state index in [1.54, 1.807) is 60.8 Å². The van der Waals surface area contributed by atoms with E-state index in [1.165, 1.54) is 17.0 Å². The van der Waals surface area contributed by atoms with Crippen LogP contribution in [-0.2, 0) is 16.1 Å². The molecule has 0 bridgehead atoms. The maximum absolute atomic E-state index is 13.4. The summed E-state index contributed by atoms with van der Waals surface area (Å²) >= 11 is 0. The monoisotopic (exact) mass is 460 g/mol. The molecule has 7 heteroatoms. The van der Waals surface area contributed by atoms with Crippen molar-refractivity contribution in [1.82, 2.24) is 9.88 Å². The molecule has 3 aromatic rings. The molecule has 1 fully saturated rings. The fraction of sp³-hybridized carbons (Fsp3) is 0.222. The fourth-order valence-corrected chi connectivity index (χ4v) is 3.80. The molecular weight excluding hydrogens is 435 g/mol. The third-order valence-corrected chi connectivity index (χ3v) is 5.49. The third-order valence-electron chi connectivity index (χ3n) is 5.49. The van der Waals surface area contributed by atoms with Crippen LogP contribution in [0, 0.1) is 11.7 Å². The summed E-state index contributed by atoms with van der Waals surface area (Å²) in [6, 6.07) is 16.7. The molecular formula is C27H25FN2O4. The Kier molecular flexibility index (Phi) is 6.72. The normalized spacial score (nSPS) is 17.4. The summed E-state index contributed by atoms with van der Waals surface area (Å²) in [5, 5.41) is 11.1. The number of pyridine rings is 1. The molecule has 34 heavy (non-hydrogen) atoms. The molecule has 1 unspecified atom stereocenters. The quantitative estimate of drug-likeness (QED) is 0.309. The Hall–Kier alpha value is -4.00. The summed E-state index contributed by atoms with van der Waals surface area (Å²) in [4.78, 5) is 31.8. The lowest BCUT2D eigenvalue weighted by Crippen LogP contribution is -2.29. The first-order valence-electron chi connectivity index (χ1n) is 11.0. The predicted molar refractivity (Wildman–Crippen MR) is 125 cm³/mol. The van der Waals surface area contributed by atoms with Gasteiger partial charge in [0.15, 0.2) is 0 Å². The lowest BCUT2D eigenvalue weighted by molar-refractivity contribution is -0.140. The average molecular weight is 461 g/mol. The second-order valence-electron chi connectivity index (χ2n) is 8.54. The van der Waals surface area contributed by atoms with E-state index in [-0.39, 0.29) is 17.9 Å². The zero-order valence-corrected chi connectivity index (χ0v) is 18.9. The van der Waals surface area contributed by atoms with Gasteiger partial charge in [0.1, 0.15) is 23.4 Å². The highest BCUT2D eigenvalue weighted by Gasteiger charge is 2.46. The van der Waals surface area contributed by atoms with Gasteiger partial charge in [-0.3, -0.25) is 14.6 Å².